The fourth-order valence-electron chi connectivity index (χ4n) is 2.42. The first-order chi connectivity index (χ1) is 11.7. The maximum Gasteiger partial charge on any atom is 0.411 e. The van der Waals surface area contributed by atoms with E-state index in [0.717, 1.165) is 6.42 Å². The molecule has 2 amide bonds. The number of anilines is 2. The predicted octanol–water partition coefficient (Wildman–Crippen LogP) is 2.73. The van der Waals surface area contributed by atoms with Gasteiger partial charge in [-0.25, -0.2) is 0 Å². The van der Waals surface area contributed by atoms with Crippen LogP contribution in [0.15, 0.2) is 18.2 Å². The molecular formula is C16H19F3N2O4. The molecule has 9 heteroatoms. The summed E-state index contributed by atoms with van der Waals surface area (Å²) < 4.78 is 46.1. The predicted molar refractivity (Wildman–Crippen MR) is 84.7 cm³/mol. The van der Waals surface area contributed by atoms with E-state index in [0.29, 0.717) is 30.1 Å². The number of ether oxygens (including phenoxy) is 2. The number of methoxy groups -OCH3 is 1. The highest BCUT2D eigenvalue weighted by Gasteiger charge is 2.30. The Balaban J connectivity index is 2.05. The van der Waals surface area contributed by atoms with E-state index in [1.165, 1.54) is 20.1 Å². The molecule has 0 bridgehead atoms. The minimum Gasteiger partial charge on any atom is -0.494 e. The van der Waals surface area contributed by atoms with Crippen LogP contribution in [0.1, 0.15) is 19.8 Å². The zero-order valence-electron chi connectivity index (χ0n) is 13.9. The largest absolute Gasteiger partial charge is 0.494 e. The molecule has 1 aliphatic heterocycles. The average molecular weight is 360 g/mol. The number of nitrogens with one attached hydrogen (secondary N) is 1. The number of carbonyl (C=O) groups excluding carboxylic acids is 2. The Kier molecular flexibility index (Phi) is 5.89. The van der Waals surface area contributed by atoms with Gasteiger partial charge in [0.05, 0.1) is 12.8 Å². The van der Waals surface area contributed by atoms with Crippen molar-refractivity contribution in [3.8, 4) is 5.75 Å². The molecular weight excluding hydrogens is 341 g/mol. The van der Waals surface area contributed by atoms with E-state index in [9.17, 15) is 22.8 Å². The number of amides is 2. The normalized spacial score (nSPS) is 16.0. The number of hydrogen-bond acceptors (Lipinski definition) is 4. The van der Waals surface area contributed by atoms with Crippen molar-refractivity contribution in [3.05, 3.63) is 18.2 Å². The summed E-state index contributed by atoms with van der Waals surface area (Å²) in [5.74, 6) is -0.336. The Bertz CT molecular complexity index is 649. The van der Waals surface area contributed by atoms with Crippen LogP contribution >= 0.6 is 0 Å². The van der Waals surface area contributed by atoms with E-state index in [1.54, 1.807) is 17.0 Å². The molecule has 1 saturated heterocycles. The average Bonchev–Trinajstić information content (AvgIpc) is 2.97. The molecule has 2 rings (SSSR count). The summed E-state index contributed by atoms with van der Waals surface area (Å²) in [7, 11) is 1.43. The number of halogens is 3. The standard InChI is InChI=1S/C16H19F3N2O4/c1-10(25-9-16(17,18)19)15(23)20-11-5-6-12(13(8-11)24-2)21-7-3-4-14(21)22/h5-6,8,10H,3-4,7,9H2,1-2H3,(H,20,23). The molecule has 1 heterocycles. The molecule has 0 saturated carbocycles. The van der Waals surface area contributed by atoms with Gasteiger partial charge >= 0.3 is 6.18 Å². The first kappa shape index (κ1) is 19.0. The molecule has 1 unspecified atom stereocenters. The fraction of sp³-hybridized carbons (Fsp3) is 0.500. The molecule has 0 aliphatic carbocycles. The second kappa shape index (κ2) is 7.73. The van der Waals surface area contributed by atoms with Crippen molar-refractivity contribution in [1.29, 1.82) is 0 Å². The van der Waals surface area contributed by atoms with Crippen LogP contribution in [0.2, 0.25) is 0 Å². The Morgan fingerprint density at radius 2 is 2.12 bits per heavy atom. The number of benzene rings is 1. The molecule has 6 nitrogen and oxygen atoms in total. The lowest BCUT2D eigenvalue weighted by Gasteiger charge is -2.20. The quantitative estimate of drug-likeness (QED) is 0.847. The molecule has 0 spiro atoms. The van der Waals surface area contributed by atoms with Gasteiger partial charge in [-0.1, -0.05) is 0 Å². The molecule has 0 radical (unpaired) electrons. The topological polar surface area (TPSA) is 67.9 Å². The van der Waals surface area contributed by atoms with Crippen LogP contribution in [0.25, 0.3) is 0 Å². The highest BCUT2D eigenvalue weighted by atomic mass is 19.4. The summed E-state index contributed by atoms with van der Waals surface area (Å²) in [5, 5.41) is 2.47. The number of rotatable bonds is 6. The molecule has 138 valence electrons. The van der Waals surface area contributed by atoms with E-state index in [4.69, 9.17) is 4.74 Å². The zero-order valence-corrected chi connectivity index (χ0v) is 13.9. The van der Waals surface area contributed by atoms with Gasteiger partial charge in [0.1, 0.15) is 18.5 Å². The smallest absolute Gasteiger partial charge is 0.411 e. The van der Waals surface area contributed by atoms with Crippen molar-refractivity contribution >= 4 is 23.2 Å². The molecule has 0 aromatic heterocycles. The Morgan fingerprint density at radius 3 is 2.68 bits per heavy atom. The van der Waals surface area contributed by atoms with Crippen LogP contribution in [0, 0.1) is 0 Å². The lowest BCUT2D eigenvalue weighted by atomic mass is 10.2. The van der Waals surface area contributed by atoms with E-state index in [2.05, 4.69) is 10.1 Å². The van der Waals surface area contributed by atoms with Gasteiger partial charge in [0.25, 0.3) is 5.91 Å². The van der Waals surface area contributed by atoms with Crippen LogP contribution in [0.3, 0.4) is 0 Å². The molecule has 1 aromatic rings. The monoisotopic (exact) mass is 360 g/mol. The lowest BCUT2D eigenvalue weighted by Crippen LogP contribution is -2.31. The zero-order chi connectivity index (χ0) is 18.6. The minimum absolute atomic E-state index is 0.00995. The first-order valence-corrected chi connectivity index (χ1v) is 7.69. The van der Waals surface area contributed by atoms with Gasteiger partial charge < -0.3 is 19.7 Å². The molecule has 1 N–H and O–H groups in total. The summed E-state index contributed by atoms with van der Waals surface area (Å²) in [6.07, 6.45) is -4.54. The maximum atomic E-state index is 12.1. The third-order valence-electron chi connectivity index (χ3n) is 3.68. The van der Waals surface area contributed by atoms with Crippen molar-refractivity contribution in [2.24, 2.45) is 0 Å². The Labute approximate surface area is 142 Å². The van der Waals surface area contributed by atoms with Gasteiger partial charge in [-0.3, -0.25) is 9.59 Å². The number of carbonyl (C=O) groups is 2. The van der Waals surface area contributed by atoms with E-state index >= 15 is 0 Å². The molecule has 1 aromatic carbocycles. The Hall–Kier alpha value is -2.29. The molecule has 1 fully saturated rings. The summed E-state index contributed by atoms with van der Waals surface area (Å²) in [5.41, 5.74) is 0.920. The number of nitrogens with zero attached hydrogens (tertiary/aromatic N) is 1. The second-order valence-electron chi connectivity index (χ2n) is 5.59. The van der Waals surface area contributed by atoms with Gasteiger partial charge in [-0.2, -0.15) is 13.2 Å². The van der Waals surface area contributed by atoms with Crippen molar-refractivity contribution < 1.29 is 32.2 Å². The van der Waals surface area contributed by atoms with Gasteiger partial charge in [-0.15, -0.1) is 0 Å². The Morgan fingerprint density at radius 1 is 1.40 bits per heavy atom. The summed E-state index contributed by atoms with van der Waals surface area (Å²) >= 11 is 0. The SMILES string of the molecule is COc1cc(NC(=O)C(C)OCC(F)(F)F)ccc1N1CCCC1=O. The highest BCUT2D eigenvalue weighted by Crippen LogP contribution is 2.33. The summed E-state index contributed by atoms with van der Waals surface area (Å²) in [4.78, 5) is 25.4. The molecule has 1 aliphatic rings. The maximum absolute atomic E-state index is 12.1. The highest BCUT2D eigenvalue weighted by molar-refractivity contribution is 5.98. The molecule has 25 heavy (non-hydrogen) atoms. The third-order valence-corrected chi connectivity index (χ3v) is 3.68. The van der Waals surface area contributed by atoms with E-state index in [1.807, 2.05) is 0 Å². The molecule has 1 atom stereocenters. The van der Waals surface area contributed by atoms with Crippen molar-refractivity contribution in [3.63, 3.8) is 0 Å². The van der Waals surface area contributed by atoms with Crippen molar-refractivity contribution in [1.82, 2.24) is 0 Å². The fourth-order valence-corrected chi connectivity index (χ4v) is 2.42. The summed E-state index contributed by atoms with van der Waals surface area (Å²) in [6, 6.07) is 4.69. The van der Waals surface area contributed by atoms with Crippen LogP contribution in [-0.4, -0.2) is 44.4 Å². The van der Waals surface area contributed by atoms with Crippen molar-refractivity contribution in [2.75, 3.05) is 30.5 Å². The van der Waals surface area contributed by atoms with Crippen LogP contribution < -0.4 is 15.0 Å². The minimum atomic E-state index is -4.50. The van der Waals surface area contributed by atoms with E-state index < -0.39 is 24.8 Å². The van der Waals surface area contributed by atoms with E-state index in [-0.39, 0.29) is 5.91 Å². The third kappa shape index (κ3) is 5.09. The van der Waals surface area contributed by atoms with Gasteiger partial charge in [0, 0.05) is 24.7 Å². The second-order valence-corrected chi connectivity index (χ2v) is 5.59. The van der Waals surface area contributed by atoms with Crippen molar-refractivity contribution in [2.45, 2.75) is 32.0 Å². The van der Waals surface area contributed by atoms with Gasteiger partial charge in [-0.05, 0) is 25.5 Å². The number of hydrogen-bond donors (Lipinski definition) is 1. The number of alkyl halides is 3. The van der Waals surface area contributed by atoms with Gasteiger partial charge in [0.2, 0.25) is 5.91 Å². The lowest BCUT2D eigenvalue weighted by molar-refractivity contribution is -0.184. The summed E-state index contributed by atoms with van der Waals surface area (Å²) in [6.45, 7) is 0.319. The van der Waals surface area contributed by atoms with Crippen LogP contribution in [-0.2, 0) is 14.3 Å². The van der Waals surface area contributed by atoms with Gasteiger partial charge in [0.15, 0.2) is 0 Å². The first-order valence-electron chi connectivity index (χ1n) is 7.69. The van der Waals surface area contributed by atoms with Crippen LogP contribution in [0.4, 0.5) is 24.5 Å². The van der Waals surface area contributed by atoms with Crippen LogP contribution in [0.5, 0.6) is 5.75 Å².